The van der Waals surface area contributed by atoms with Crippen LogP contribution in [-0.4, -0.2) is 44.8 Å². The Morgan fingerprint density at radius 1 is 1.78 bits per heavy atom. The highest BCUT2D eigenvalue weighted by molar-refractivity contribution is 7.99. The lowest BCUT2D eigenvalue weighted by atomic mass is 10.0. The van der Waals surface area contributed by atoms with E-state index in [9.17, 15) is 9.59 Å². The molecule has 1 fully saturated rings. The number of nitrogens with one attached hydrogen (secondary N) is 1. The van der Waals surface area contributed by atoms with Gasteiger partial charge < -0.3 is 9.84 Å². The highest BCUT2D eigenvalue weighted by Crippen LogP contribution is 2.27. The topological polar surface area (TPSA) is 97.2 Å². The molecule has 100 valence electrons. The zero-order valence-corrected chi connectivity index (χ0v) is 10.8. The summed E-state index contributed by atoms with van der Waals surface area (Å²) in [5.41, 5.74) is -0.303. The molecule has 2 heterocycles. The molecule has 2 atom stereocenters. The molecule has 18 heavy (non-hydrogen) atoms. The van der Waals surface area contributed by atoms with Gasteiger partial charge in [-0.1, -0.05) is 11.8 Å². The first-order chi connectivity index (χ1) is 8.59. The molecular weight excluding hydrogens is 258 g/mol. The van der Waals surface area contributed by atoms with E-state index < -0.39 is 5.97 Å². The Hall–Kier alpha value is -1.28. The van der Waals surface area contributed by atoms with Crippen LogP contribution in [0.25, 0.3) is 0 Å². The standard InChI is InChI=1S/C10H15N3O4S/c1-6(7-2-3-17-4-7)13-9(16)11-12-10(13)18-5-8(14)15/h6-7H,2-5H2,1H3,(H,11,16)(H,14,15). The number of hydrogen-bond acceptors (Lipinski definition) is 5. The highest BCUT2D eigenvalue weighted by Gasteiger charge is 2.27. The van der Waals surface area contributed by atoms with E-state index in [1.54, 1.807) is 0 Å². The van der Waals surface area contributed by atoms with Crippen LogP contribution >= 0.6 is 11.8 Å². The quantitative estimate of drug-likeness (QED) is 0.751. The molecule has 2 rings (SSSR count). The molecule has 8 heteroatoms. The van der Waals surface area contributed by atoms with E-state index in [2.05, 4.69) is 10.2 Å². The van der Waals surface area contributed by atoms with Gasteiger partial charge in [0.25, 0.3) is 0 Å². The van der Waals surface area contributed by atoms with Gasteiger partial charge in [-0.2, -0.15) is 0 Å². The minimum absolute atomic E-state index is 0.0463. The number of aromatic nitrogens is 3. The van der Waals surface area contributed by atoms with Gasteiger partial charge in [-0.15, -0.1) is 5.10 Å². The molecule has 1 aromatic rings. The summed E-state index contributed by atoms with van der Waals surface area (Å²) in [4.78, 5) is 22.3. The van der Waals surface area contributed by atoms with E-state index in [1.165, 1.54) is 4.57 Å². The SMILES string of the molecule is CC(C1CCOC1)n1c(SCC(=O)O)n[nH]c1=O. The van der Waals surface area contributed by atoms with Crippen molar-refractivity contribution in [3.05, 3.63) is 10.5 Å². The first-order valence-corrected chi connectivity index (χ1v) is 6.67. The van der Waals surface area contributed by atoms with Crippen LogP contribution in [0.1, 0.15) is 19.4 Å². The van der Waals surface area contributed by atoms with Crippen molar-refractivity contribution in [2.45, 2.75) is 24.5 Å². The van der Waals surface area contributed by atoms with Crippen LogP contribution in [0.15, 0.2) is 9.95 Å². The zero-order valence-electron chi connectivity index (χ0n) is 9.96. The third kappa shape index (κ3) is 2.75. The smallest absolute Gasteiger partial charge is 0.344 e. The molecule has 0 aliphatic carbocycles. The number of aromatic amines is 1. The third-order valence-corrected chi connectivity index (χ3v) is 3.99. The number of carboxylic acids is 1. The van der Waals surface area contributed by atoms with E-state index in [4.69, 9.17) is 9.84 Å². The van der Waals surface area contributed by atoms with Crippen molar-refractivity contribution < 1.29 is 14.6 Å². The van der Waals surface area contributed by atoms with Gasteiger partial charge in [-0.05, 0) is 13.3 Å². The summed E-state index contributed by atoms with van der Waals surface area (Å²) in [6.07, 6.45) is 0.905. The molecule has 2 unspecified atom stereocenters. The van der Waals surface area contributed by atoms with E-state index in [-0.39, 0.29) is 23.4 Å². The summed E-state index contributed by atoms with van der Waals surface area (Å²) < 4.78 is 6.83. The second-order valence-electron chi connectivity index (χ2n) is 4.23. The second kappa shape index (κ2) is 5.57. The monoisotopic (exact) mass is 273 g/mol. The van der Waals surface area contributed by atoms with Gasteiger partial charge in [0.15, 0.2) is 5.16 Å². The van der Waals surface area contributed by atoms with Gasteiger partial charge in [0.2, 0.25) is 0 Å². The molecule has 0 radical (unpaired) electrons. The normalized spacial score (nSPS) is 21.1. The van der Waals surface area contributed by atoms with Crippen molar-refractivity contribution in [1.82, 2.24) is 14.8 Å². The number of ether oxygens (including phenoxy) is 1. The summed E-state index contributed by atoms with van der Waals surface area (Å²) in [7, 11) is 0. The maximum atomic E-state index is 11.7. The van der Waals surface area contributed by atoms with Crippen LogP contribution in [0.5, 0.6) is 0 Å². The van der Waals surface area contributed by atoms with Crippen molar-refractivity contribution in [3.63, 3.8) is 0 Å². The van der Waals surface area contributed by atoms with Crippen molar-refractivity contribution in [1.29, 1.82) is 0 Å². The minimum Gasteiger partial charge on any atom is -0.481 e. The summed E-state index contributed by atoms with van der Waals surface area (Å²) >= 11 is 1.04. The summed E-state index contributed by atoms with van der Waals surface area (Å²) in [5.74, 6) is -0.777. The lowest BCUT2D eigenvalue weighted by Gasteiger charge is -2.19. The van der Waals surface area contributed by atoms with E-state index in [0.717, 1.165) is 18.2 Å². The maximum Gasteiger partial charge on any atom is 0.344 e. The Bertz CT molecular complexity index is 478. The molecule has 7 nitrogen and oxygen atoms in total. The van der Waals surface area contributed by atoms with Crippen LogP contribution in [0.2, 0.25) is 0 Å². The second-order valence-corrected chi connectivity index (χ2v) is 5.17. The number of rotatable bonds is 5. The number of carbonyl (C=O) groups is 1. The average Bonchev–Trinajstić information content (AvgIpc) is 2.94. The number of hydrogen-bond donors (Lipinski definition) is 2. The fraction of sp³-hybridized carbons (Fsp3) is 0.700. The van der Waals surface area contributed by atoms with Gasteiger partial charge in [-0.25, -0.2) is 9.89 Å². The van der Waals surface area contributed by atoms with Gasteiger partial charge in [-0.3, -0.25) is 9.36 Å². The molecule has 0 aromatic carbocycles. The van der Waals surface area contributed by atoms with Gasteiger partial charge in [0.1, 0.15) is 0 Å². The van der Waals surface area contributed by atoms with Crippen LogP contribution in [-0.2, 0) is 9.53 Å². The molecule has 0 amide bonds. The molecule has 0 saturated carbocycles. The van der Waals surface area contributed by atoms with E-state index in [0.29, 0.717) is 18.4 Å². The highest BCUT2D eigenvalue weighted by atomic mass is 32.2. The van der Waals surface area contributed by atoms with Crippen LogP contribution < -0.4 is 5.69 Å². The summed E-state index contributed by atoms with van der Waals surface area (Å²) in [6, 6.07) is -0.0463. The van der Waals surface area contributed by atoms with Gasteiger partial charge >= 0.3 is 11.7 Å². The van der Waals surface area contributed by atoms with E-state index in [1.807, 2.05) is 6.92 Å². The number of carboxylic acid groups (broad SMARTS) is 1. The lowest BCUT2D eigenvalue weighted by Crippen LogP contribution is -2.27. The molecule has 1 aliphatic rings. The van der Waals surface area contributed by atoms with Crippen molar-refractivity contribution in [2.24, 2.45) is 5.92 Å². The van der Waals surface area contributed by atoms with Crippen molar-refractivity contribution >= 4 is 17.7 Å². The van der Waals surface area contributed by atoms with Crippen LogP contribution in [0.3, 0.4) is 0 Å². The first kappa shape index (κ1) is 13.2. The molecule has 2 N–H and O–H groups in total. The Morgan fingerprint density at radius 3 is 3.17 bits per heavy atom. The van der Waals surface area contributed by atoms with Crippen LogP contribution in [0.4, 0.5) is 0 Å². The lowest BCUT2D eigenvalue weighted by molar-refractivity contribution is -0.133. The Balaban J connectivity index is 2.17. The number of nitrogens with zero attached hydrogens (tertiary/aromatic N) is 2. The maximum absolute atomic E-state index is 11.7. The molecular formula is C10H15N3O4S. The van der Waals surface area contributed by atoms with Gasteiger partial charge in [0, 0.05) is 18.6 Å². The predicted octanol–water partition coefficient (Wildman–Crippen LogP) is 0.346. The number of thioether (sulfide) groups is 1. The fourth-order valence-corrected chi connectivity index (χ4v) is 2.77. The largest absolute Gasteiger partial charge is 0.481 e. The average molecular weight is 273 g/mol. The molecule has 1 aromatic heterocycles. The molecule has 0 bridgehead atoms. The summed E-state index contributed by atoms with van der Waals surface area (Å²) in [5, 5.41) is 15.3. The third-order valence-electron chi connectivity index (χ3n) is 3.05. The number of H-pyrrole nitrogens is 1. The minimum atomic E-state index is -0.932. The first-order valence-electron chi connectivity index (χ1n) is 5.69. The van der Waals surface area contributed by atoms with Crippen molar-refractivity contribution in [3.8, 4) is 0 Å². The zero-order chi connectivity index (χ0) is 13.1. The van der Waals surface area contributed by atoms with Crippen molar-refractivity contribution in [2.75, 3.05) is 19.0 Å². The predicted molar refractivity (Wildman–Crippen MR) is 64.8 cm³/mol. The van der Waals surface area contributed by atoms with E-state index >= 15 is 0 Å². The Kier molecular flexibility index (Phi) is 4.07. The van der Waals surface area contributed by atoms with Gasteiger partial charge in [0.05, 0.1) is 12.4 Å². The molecule has 0 spiro atoms. The Morgan fingerprint density at radius 2 is 2.56 bits per heavy atom. The molecule has 1 saturated heterocycles. The van der Waals surface area contributed by atoms with Crippen LogP contribution in [0, 0.1) is 5.92 Å². The number of aliphatic carboxylic acids is 1. The molecule has 1 aliphatic heterocycles. The Labute approximate surface area is 108 Å². The fourth-order valence-electron chi connectivity index (χ4n) is 2.02. The summed E-state index contributed by atoms with van der Waals surface area (Å²) in [6.45, 7) is 3.27.